The van der Waals surface area contributed by atoms with E-state index in [0.29, 0.717) is 18.9 Å². The number of cyclic esters (lactones) is 1. The summed E-state index contributed by atoms with van der Waals surface area (Å²) in [6.45, 7) is 29.0. The molecule has 8 nitrogen and oxygen atoms in total. The minimum Gasteiger partial charge on any atom is -1.00 e. The molecule has 0 radical (unpaired) electrons. The van der Waals surface area contributed by atoms with Crippen LogP contribution in [0.5, 0.6) is 0 Å². The molecule has 1 aliphatic rings. The van der Waals surface area contributed by atoms with Crippen molar-refractivity contribution >= 4 is 63.0 Å². The number of Topliss-reactive ketones (excluding diaryl/α,β-unsaturated/α-hetero) is 1. The van der Waals surface area contributed by atoms with Crippen molar-refractivity contribution < 1.29 is 40.8 Å². The number of hydrogen-bond donors (Lipinski definition) is 2. The molecule has 0 aromatic rings. The standard InChI is InChI=1S/C13H29NO3Si.C10H20O3Si.C3H8ClN.C3H7.CH4.ClH.Mg/c1-8-9-12(11(15)10-14(5)16)17-18(6,7)13(2,3)4;1-10(2,3)14(4,5)13-8-6-7-12-9(8)11;1-5-3-2-4;1-3-2;;;/h12,16H,8-10H2,1-7H3;8H,6-7H2,1-5H3;5H,2-3H2,1H3;3H,1-2H3;1H4;1H;/q;;;-1;;;+2/p-1/t12-;8-;;;;;/m00...../s1. The van der Waals surface area contributed by atoms with Gasteiger partial charge in [0.1, 0.15) is 12.2 Å². The molecule has 2 atom stereocenters. The molecule has 43 heavy (non-hydrogen) atoms. The second-order valence-electron chi connectivity index (χ2n) is 13.1. The van der Waals surface area contributed by atoms with Gasteiger partial charge in [0.15, 0.2) is 22.4 Å². The fourth-order valence-corrected chi connectivity index (χ4v) is 5.40. The Labute approximate surface area is 296 Å². The van der Waals surface area contributed by atoms with Crippen molar-refractivity contribution in [2.24, 2.45) is 0 Å². The SMILES string of the molecule is C.CC(C)(C)[Si](C)(C)O[C@H]1CCOC1=O.CCC[C@H](O[Si](C)(C)C(C)(C)C)C(=O)CN(C)O.CNCCCl.C[CH-]C.[Cl-].[Mg+2]. The Hall–Kier alpha value is 0.720. The van der Waals surface area contributed by atoms with Crippen LogP contribution in [0.4, 0.5) is 0 Å². The van der Waals surface area contributed by atoms with Gasteiger partial charge in [0.25, 0.3) is 0 Å². The zero-order valence-electron chi connectivity index (χ0n) is 29.6. The maximum atomic E-state index is 12.0. The number of ether oxygens (including phenoxy) is 1. The van der Waals surface area contributed by atoms with Gasteiger partial charge < -0.3 is 42.9 Å². The molecule has 1 aliphatic heterocycles. The van der Waals surface area contributed by atoms with Gasteiger partial charge in [0.05, 0.1) is 13.2 Å². The third kappa shape index (κ3) is 26.5. The molecule has 1 fully saturated rings. The van der Waals surface area contributed by atoms with E-state index >= 15 is 0 Å². The average Bonchev–Trinajstić information content (AvgIpc) is 3.17. The molecule has 0 amide bonds. The Morgan fingerprint density at radius 3 is 1.84 bits per heavy atom. The van der Waals surface area contributed by atoms with Crippen LogP contribution in [0.1, 0.15) is 89.0 Å². The van der Waals surface area contributed by atoms with Gasteiger partial charge in [0.2, 0.25) is 0 Å². The number of nitrogens with zero attached hydrogens (tertiary/aromatic N) is 1. The van der Waals surface area contributed by atoms with Gasteiger partial charge in [-0.25, -0.2) is 4.79 Å². The molecule has 2 N–H and O–H groups in total. The van der Waals surface area contributed by atoms with Gasteiger partial charge in [-0.1, -0.05) is 62.3 Å². The fourth-order valence-electron chi connectivity index (χ4n) is 2.62. The second-order valence-corrected chi connectivity index (χ2v) is 23.0. The van der Waals surface area contributed by atoms with Gasteiger partial charge in [-0.15, -0.1) is 11.6 Å². The molecule has 0 unspecified atom stereocenters. The van der Waals surface area contributed by atoms with E-state index in [2.05, 4.69) is 73.0 Å². The minimum absolute atomic E-state index is 0. The summed E-state index contributed by atoms with van der Waals surface area (Å²) < 4.78 is 17.0. The first kappa shape index (κ1) is 56.1. The van der Waals surface area contributed by atoms with Gasteiger partial charge in [0, 0.05) is 25.9 Å². The second kappa shape index (κ2) is 27.8. The number of carbonyl (C=O) groups excluding carboxylic acids is 2. The number of carbonyl (C=O) groups is 2. The zero-order valence-corrected chi connectivity index (χ0v) is 34.5. The number of rotatable bonds is 11. The molecular weight excluding hydrogens is 636 g/mol. The number of alkyl halides is 1. The van der Waals surface area contributed by atoms with Crippen molar-refractivity contribution in [3.05, 3.63) is 6.42 Å². The van der Waals surface area contributed by atoms with E-state index < -0.39 is 16.6 Å². The van der Waals surface area contributed by atoms with Crippen LogP contribution in [-0.2, 0) is 23.2 Å². The normalized spacial score (nSPS) is 15.4. The summed E-state index contributed by atoms with van der Waals surface area (Å²) >= 11 is 5.24. The summed E-state index contributed by atoms with van der Waals surface area (Å²) in [6.07, 6.45) is 3.64. The summed E-state index contributed by atoms with van der Waals surface area (Å²) in [5.74, 6) is 0.484. The van der Waals surface area contributed by atoms with E-state index in [1.807, 2.05) is 34.2 Å². The first-order valence-corrected chi connectivity index (χ1v) is 20.8. The summed E-state index contributed by atoms with van der Waals surface area (Å²) in [7, 11) is -0.396. The molecule has 0 bridgehead atoms. The Morgan fingerprint density at radius 1 is 1.14 bits per heavy atom. The topological polar surface area (TPSA) is 97.3 Å². The van der Waals surface area contributed by atoms with Crippen LogP contribution in [0, 0.1) is 6.42 Å². The predicted octanol–water partition coefficient (Wildman–Crippen LogP) is 4.33. The minimum atomic E-state index is -1.94. The van der Waals surface area contributed by atoms with Crippen molar-refractivity contribution in [1.82, 2.24) is 10.4 Å². The van der Waals surface area contributed by atoms with Gasteiger partial charge >= 0.3 is 29.0 Å². The van der Waals surface area contributed by atoms with Crippen molar-refractivity contribution in [2.45, 2.75) is 137 Å². The average molecular weight is 704 g/mol. The zero-order chi connectivity index (χ0) is 32.4. The maximum absolute atomic E-state index is 12.0. The third-order valence-corrected chi connectivity index (χ3v) is 16.2. The van der Waals surface area contributed by atoms with Crippen molar-refractivity contribution in [3.8, 4) is 0 Å². The maximum Gasteiger partial charge on any atom is 2.00 e. The van der Waals surface area contributed by atoms with E-state index in [0.717, 1.165) is 24.4 Å². The van der Waals surface area contributed by atoms with E-state index in [1.165, 1.54) is 7.05 Å². The van der Waals surface area contributed by atoms with Crippen LogP contribution in [0.2, 0.25) is 36.3 Å². The van der Waals surface area contributed by atoms with Crippen molar-refractivity contribution in [2.75, 3.05) is 39.7 Å². The molecule has 0 aromatic heterocycles. The Bertz CT molecular complexity index is 691. The molecule has 0 aliphatic carbocycles. The summed E-state index contributed by atoms with van der Waals surface area (Å²) in [4.78, 5) is 23.3. The molecule has 258 valence electrons. The van der Waals surface area contributed by atoms with Crippen LogP contribution in [0.3, 0.4) is 0 Å². The molecule has 13 heteroatoms. The van der Waals surface area contributed by atoms with Crippen molar-refractivity contribution in [3.63, 3.8) is 0 Å². The van der Waals surface area contributed by atoms with Crippen LogP contribution in [0.15, 0.2) is 0 Å². The molecular formula is C30H68Cl2MgN2O6Si2. The summed E-state index contributed by atoms with van der Waals surface area (Å²) in [5.41, 5.74) is 0. The largest absolute Gasteiger partial charge is 2.00 e. The number of halogens is 2. The smallest absolute Gasteiger partial charge is 1.00 e. The first-order chi connectivity index (χ1) is 18.1. The number of hydroxylamine groups is 2. The molecule has 0 aromatic carbocycles. The number of likely N-dealkylation sites (N-methyl/N-ethyl adjacent to an activating group) is 1. The summed E-state index contributed by atoms with van der Waals surface area (Å²) in [5, 5.41) is 13.2. The van der Waals surface area contributed by atoms with Crippen LogP contribution < -0.4 is 17.7 Å². The number of hydrogen-bond acceptors (Lipinski definition) is 8. The fraction of sp³-hybridized carbons (Fsp3) is 0.900. The first-order valence-electron chi connectivity index (χ1n) is 14.5. The molecule has 1 saturated heterocycles. The van der Waals surface area contributed by atoms with Gasteiger partial charge in [-0.2, -0.15) is 18.9 Å². The molecule has 1 heterocycles. The van der Waals surface area contributed by atoms with Crippen LogP contribution in [-0.4, -0.2) is 114 Å². The monoisotopic (exact) mass is 702 g/mol. The number of nitrogens with one attached hydrogen (secondary N) is 1. The number of esters is 1. The van der Waals surface area contributed by atoms with Crippen LogP contribution >= 0.6 is 11.6 Å². The van der Waals surface area contributed by atoms with Crippen LogP contribution in [0.25, 0.3) is 0 Å². The Morgan fingerprint density at radius 2 is 1.58 bits per heavy atom. The summed E-state index contributed by atoms with van der Waals surface area (Å²) in [6, 6.07) is 0. The molecule has 0 spiro atoms. The van der Waals surface area contributed by atoms with E-state index in [4.69, 9.17) is 30.4 Å². The van der Waals surface area contributed by atoms with Crippen molar-refractivity contribution in [1.29, 1.82) is 0 Å². The van der Waals surface area contributed by atoms with Gasteiger partial charge in [-0.3, -0.25) is 4.79 Å². The Balaban J connectivity index is -0.000000122. The number of ketones is 1. The predicted molar refractivity (Wildman–Crippen MR) is 187 cm³/mol. The van der Waals surface area contributed by atoms with E-state index in [-0.39, 0.29) is 83.5 Å². The quantitative estimate of drug-likeness (QED) is 0.108. The Kier molecular flexibility index (Phi) is 36.3. The van der Waals surface area contributed by atoms with Gasteiger partial charge in [-0.05, 0) is 49.7 Å². The molecule has 1 rings (SSSR count). The third-order valence-electron chi connectivity index (χ3n) is 7.01. The van der Waals surface area contributed by atoms with E-state index in [1.54, 1.807) is 0 Å². The molecule has 0 saturated carbocycles. The van der Waals surface area contributed by atoms with E-state index in [9.17, 15) is 9.59 Å².